The first-order chi connectivity index (χ1) is 16.6. The second kappa shape index (κ2) is 8.47. The Bertz CT molecular complexity index is 1580. The number of hydrogen-bond donors (Lipinski definition) is 1. The van der Waals surface area contributed by atoms with Crippen molar-refractivity contribution in [3.05, 3.63) is 81.0 Å². The molecule has 1 aliphatic heterocycles. The van der Waals surface area contributed by atoms with Crippen molar-refractivity contribution in [1.82, 2.24) is 9.88 Å². The molecule has 1 aliphatic rings. The Morgan fingerprint density at radius 2 is 1.97 bits per heavy atom. The summed E-state index contributed by atoms with van der Waals surface area (Å²) in [5, 5.41) is 5.16. The Kier molecular flexibility index (Phi) is 5.28. The fourth-order valence-corrected chi connectivity index (χ4v) is 6.80. The highest BCUT2D eigenvalue weighted by Crippen LogP contribution is 2.45. The Labute approximate surface area is 203 Å². The molecular weight excluding hydrogens is 466 g/mol. The zero-order valence-corrected chi connectivity index (χ0v) is 20.1. The van der Waals surface area contributed by atoms with E-state index in [1.54, 1.807) is 46.9 Å². The standard InChI is InChI=1S/C26H21N3O3S2/c1-2-29-12-11-16-22(14-29)34-26(23(16)25-27-17-8-4-6-10-21(17)33-25)28-24(31)20-13-18(30)15-7-3-5-9-19(15)32-20/h3-10,13H,2,11-12,14H2,1H3,(H,28,31). The van der Waals surface area contributed by atoms with E-state index in [1.807, 2.05) is 18.2 Å². The van der Waals surface area contributed by atoms with Crippen LogP contribution in [-0.2, 0) is 13.0 Å². The van der Waals surface area contributed by atoms with Crippen LogP contribution in [0.4, 0.5) is 5.00 Å². The number of thiophene rings is 1. The van der Waals surface area contributed by atoms with Crippen molar-refractivity contribution in [3.63, 3.8) is 0 Å². The lowest BCUT2D eigenvalue weighted by atomic mass is 10.0. The molecule has 170 valence electrons. The van der Waals surface area contributed by atoms with Crippen LogP contribution in [0.25, 0.3) is 31.8 Å². The second-order valence-electron chi connectivity index (χ2n) is 8.24. The normalized spacial score (nSPS) is 13.9. The Morgan fingerprint density at radius 3 is 2.82 bits per heavy atom. The van der Waals surface area contributed by atoms with Crippen molar-refractivity contribution in [2.75, 3.05) is 18.4 Å². The maximum atomic E-state index is 13.2. The summed E-state index contributed by atoms with van der Waals surface area (Å²) in [7, 11) is 0. The number of hydrogen-bond acceptors (Lipinski definition) is 7. The molecule has 3 aromatic heterocycles. The van der Waals surface area contributed by atoms with Crippen LogP contribution >= 0.6 is 22.7 Å². The molecule has 1 amide bonds. The van der Waals surface area contributed by atoms with Gasteiger partial charge in [-0.3, -0.25) is 14.5 Å². The third kappa shape index (κ3) is 3.64. The van der Waals surface area contributed by atoms with Gasteiger partial charge in [0, 0.05) is 29.6 Å². The van der Waals surface area contributed by atoms with E-state index in [0.29, 0.717) is 11.0 Å². The van der Waals surface area contributed by atoms with Gasteiger partial charge >= 0.3 is 0 Å². The van der Waals surface area contributed by atoms with Gasteiger partial charge in [-0.2, -0.15) is 0 Å². The van der Waals surface area contributed by atoms with Crippen molar-refractivity contribution < 1.29 is 9.21 Å². The SMILES string of the molecule is CCN1CCc2c(sc(NC(=O)c3cc(=O)c4ccccc4o3)c2-c2nc3ccccc3s2)C1. The van der Waals surface area contributed by atoms with Gasteiger partial charge in [-0.05, 0) is 42.8 Å². The van der Waals surface area contributed by atoms with E-state index in [2.05, 4.69) is 23.2 Å². The number of anilines is 1. The third-order valence-electron chi connectivity index (χ3n) is 6.18. The highest BCUT2D eigenvalue weighted by atomic mass is 32.1. The van der Waals surface area contributed by atoms with Crippen LogP contribution in [0.2, 0.25) is 0 Å². The summed E-state index contributed by atoms with van der Waals surface area (Å²) in [6.07, 6.45) is 0.909. The first-order valence-corrected chi connectivity index (χ1v) is 12.8. The number of likely N-dealkylation sites (N-methyl/N-ethyl adjacent to an activating group) is 1. The van der Waals surface area contributed by atoms with E-state index in [0.717, 1.165) is 51.8 Å². The van der Waals surface area contributed by atoms with E-state index in [4.69, 9.17) is 9.40 Å². The molecule has 0 saturated heterocycles. The summed E-state index contributed by atoms with van der Waals surface area (Å²) in [5.41, 5.74) is 3.36. The molecule has 0 bridgehead atoms. The molecule has 8 heteroatoms. The van der Waals surface area contributed by atoms with E-state index in [-0.39, 0.29) is 11.2 Å². The maximum Gasteiger partial charge on any atom is 0.292 e. The molecule has 1 N–H and O–H groups in total. The van der Waals surface area contributed by atoms with E-state index in [9.17, 15) is 9.59 Å². The van der Waals surface area contributed by atoms with Gasteiger partial charge in [0.05, 0.1) is 15.6 Å². The Balaban J connectivity index is 1.44. The monoisotopic (exact) mass is 487 g/mol. The molecule has 0 aliphatic carbocycles. The van der Waals surface area contributed by atoms with E-state index in [1.165, 1.54) is 16.5 Å². The summed E-state index contributed by atoms with van der Waals surface area (Å²) >= 11 is 3.22. The van der Waals surface area contributed by atoms with E-state index >= 15 is 0 Å². The van der Waals surface area contributed by atoms with Gasteiger partial charge in [-0.25, -0.2) is 4.98 Å². The van der Waals surface area contributed by atoms with Crippen LogP contribution in [0.15, 0.2) is 63.8 Å². The smallest absolute Gasteiger partial charge is 0.292 e. The van der Waals surface area contributed by atoms with E-state index < -0.39 is 5.91 Å². The number of thiazole rings is 1. The van der Waals surface area contributed by atoms with Gasteiger partial charge in [0.2, 0.25) is 0 Å². The van der Waals surface area contributed by atoms with Crippen LogP contribution in [0.3, 0.4) is 0 Å². The summed E-state index contributed by atoms with van der Waals surface area (Å²) < 4.78 is 6.89. The quantitative estimate of drug-likeness (QED) is 0.349. The van der Waals surface area contributed by atoms with Gasteiger partial charge in [-0.1, -0.05) is 31.2 Å². The fraction of sp³-hybridized carbons (Fsp3) is 0.192. The third-order valence-corrected chi connectivity index (χ3v) is 8.36. The molecule has 34 heavy (non-hydrogen) atoms. The average Bonchev–Trinajstić information content (AvgIpc) is 3.43. The first-order valence-electron chi connectivity index (χ1n) is 11.2. The second-order valence-corrected chi connectivity index (χ2v) is 10.4. The average molecular weight is 488 g/mol. The molecule has 0 saturated carbocycles. The molecule has 0 atom stereocenters. The number of carbonyl (C=O) groups is 1. The molecule has 0 fully saturated rings. The highest BCUT2D eigenvalue weighted by Gasteiger charge is 2.28. The molecule has 6 rings (SSSR count). The minimum Gasteiger partial charge on any atom is -0.451 e. The van der Waals surface area contributed by atoms with Gasteiger partial charge < -0.3 is 9.73 Å². The van der Waals surface area contributed by atoms with Crippen LogP contribution in [0.5, 0.6) is 0 Å². The summed E-state index contributed by atoms with van der Waals surface area (Å²) in [6, 6.07) is 16.3. The number of aromatic nitrogens is 1. The predicted molar refractivity (Wildman–Crippen MR) is 138 cm³/mol. The van der Waals surface area contributed by atoms with Crippen molar-refractivity contribution >= 4 is 54.8 Å². The number of rotatable bonds is 4. The Hall–Kier alpha value is -3.33. The number of para-hydroxylation sites is 2. The van der Waals surface area contributed by atoms with Crippen LogP contribution in [-0.4, -0.2) is 28.9 Å². The lowest BCUT2D eigenvalue weighted by molar-refractivity contribution is 0.0997. The summed E-state index contributed by atoms with van der Waals surface area (Å²) in [4.78, 5) is 34.3. The van der Waals surface area contributed by atoms with Crippen LogP contribution in [0, 0.1) is 0 Å². The lowest BCUT2D eigenvalue weighted by Crippen LogP contribution is -2.29. The summed E-state index contributed by atoms with van der Waals surface area (Å²) in [5.74, 6) is -0.434. The number of amides is 1. The van der Waals surface area contributed by atoms with Gasteiger partial charge in [-0.15, -0.1) is 22.7 Å². The van der Waals surface area contributed by atoms with Crippen LogP contribution in [0.1, 0.15) is 27.9 Å². The fourth-order valence-electron chi connectivity index (χ4n) is 4.40. The number of nitrogens with one attached hydrogen (secondary N) is 1. The molecule has 0 unspecified atom stereocenters. The first kappa shape index (κ1) is 21.2. The molecule has 0 spiro atoms. The van der Waals surface area contributed by atoms with Gasteiger partial charge in [0.1, 0.15) is 15.6 Å². The topological polar surface area (TPSA) is 75.4 Å². The van der Waals surface area contributed by atoms with Crippen molar-refractivity contribution in [3.8, 4) is 10.6 Å². The molecular formula is C26H21N3O3S2. The lowest BCUT2D eigenvalue weighted by Gasteiger charge is -2.25. The number of nitrogens with zero attached hydrogens (tertiary/aromatic N) is 2. The van der Waals surface area contributed by atoms with Crippen LogP contribution < -0.4 is 10.7 Å². The van der Waals surface area contributed by atoms with Crippen molar-refractivity contribution in [1.29, 1.82) is 0 Å². The molecule has 5 aromatic rings. The predicted octanol–water partition coefficient (Wildman–Crippen LogP) is 5.76. The largest absolute Gasteiger partial charge is 0.451 e. The zero-order valence-electron chi connectivity index (χ0n) is 18.5. The minimum atomic E-state index is -0.434. The minimum absolute atomic E-state index is 0.000469. The molecule has 6 nitrogen and oxygen atoms in total. The molecule has 0 radical (unpaired) electrons. The zero-order chi connectivity index (χ0) is 23.2. The number of carbonyl (C=O) groups excluding carboxylic acids is 1. The van der Waals surface area contributed by atoms with Crippen molar-refractivity contribution in [2.24, 2.45) is 0 Å². The summed E-state index contributed by atoms with van der Waals surface area (Å²) in [6.45, 7) is 4.98. The highest BCUT2D eigenvalue weighted by molar-refractivity contribution is 7.23. The Morgan fingerprint density at radius 1 is 1.15 bits per heavy atom. The molecule has 2 aromatic carbocycles. The van der Waals surface area contributed by atoms with Crippen molar-refractivity contribution in [2.45, 2.75) is 19.9 Å². The maximum absolute atomic E-state index is 13.2. The molecule has 4 heterocycles. The van der Waals surface area contributed by atoms with Gasteiger partial charge in [0.25, 0.3) is 5.91 Å². The van der Waals surface area contributed by atoms with Gasteiger partial charge in [0.15, 0.2) is 11.2 Å². The number of benzene rings is 2. The number of fused-ring (bicyclic) bond motifs is 3.